The highest BCUT2D eigenvalue weighted by Crippen LogP contribution is 2.30. The number of carbonyl (C=O) groups excluding carboxylic acids is 2. The van der Waals surface area contributed by atoms with Crippen molar-refractivity contribution in [2.45, 2.75) is 18.5 Å². The predicted octanol–water partition coefficient (Wildman–Crippen LogP) is 4.26. The van der Waals surface area contributed by atoms with E-state index in [1.807, 2.05) is 6.92 Å². The predicted molar refractivity (Wildman–Crippen MR) is 122 cm³/mol. The molecule has 0 radical (unpaired) electrons. The summed E-state index contributed by atoms with van der Waals surface area (Å²) in [7, 11) is 0. The van der Waals surface area contributed by atoms with Crippen LogP contribution >= 0.6 is 35.0 Å². The highest BCUT2D eigenvalue weighted by Gasteiger charge is 2.16. The number of anilines is 1. The minimum absolute atomic E-state index is 0.0359. The number of benzene rings is 2. The van der Waals surface area contributed by atoms with E-state index in [1.165, 1.54) is 4.68 Å². The van der Waals surface area contributed by atoms with Crippen LogP contribution in [-0.4, -0.2) is 39.1 Å². The van der Waals surface area contributed by atoms with Crippen molar-refractivity contribution in [3.05, 3.63) is 58.1 Å². The molecule has 0 saturated heterocycles. The zero-order valence-electron chi connectivity index (χ0n) is 16.5. The maximum absolute atomic E-state index is 12.3. The quantitative estimate of drug-likeness (QED) is 0.281. The normalized spacial score (nSPS) is 10.7. The molecule has 0 fully saturated rings. The number of nitrogens with one attached hydrogen (secondary N) is 1. The topological polar surface area (TPSA) is 112 Å². The van der Waals surface area contributed by atoms with Crippen LogP contribution in [0.3, 0.4) is 0 Å². The second kappa shape index (κ2) is 10.5. The number of esters is 1. The fraction of sp³-hybridized carbons (Fsp3) is 0.200. The zero-order valence-corrected chi connectivity index (χ0v) is 18.8. The molecule has 0 aliphatic carbocycles. The molecule has 1 aromatic heterocycles. The summed E-state index contributed by atoms with van der Waals surface area (Å²) >= 11 is 13.2. The van der Waals surface area contributed by atoms with Gasteiger partial charge in [0.25, 0.3) is 0 Å². The molecule has 8 nitrogen and oxygen atoms in total. The maximum atomic E-state index is 12.3. The number of aromatic nitrogens is 3. The van der Waals surface area contributed by atoms with Gasteiger partial charge in [0.1, 0.15) is 0 Å². The van der Waals surface area contributed by atoms with E-state index in [0.717, 1.165) is 18.2 Å². The number of nitrogen functional groups attached to an aromatic ring is 1. The SMILES string of the molecule is CCCOC(=O)c1cccc(NC(=O)CSc2nnc(-c3ccc(Cl)cc3Cl)n2N)c1. The minimum Gasteiger partial charge on any atom is -0.462 e. The van der Waals surface area contributed by atoms with Crippen LogP contribution in [0.5, 0.6) is 0 Å². The highest BCUT2D eigenvalue weighted by molar-refractivity contribution is 7.99. The summed E-state index contributed by atoms with van der Waals surface area (Å²) in [5.74, 6) is 5.73. The second-order valence-corrected chi connectivity index (χ2v) is 8.14. The number of amides is 1. The third-order valence-corrected chi connectivity index (χ3v) is 5.48. The van der Waals surface area contributed by atoms with Gasteiger partial charge < -0.3 is 15.9 Å². The Morgan fingerprint density at radius 2 is 2.00 bits per heavy atom. The molecule has 0 saturated carbocycles. The first kappa shape index (κ1) is 22.9. The van der Waals surface area contributed by atoms with Gasteiger partial charge in [-0.05, 0) is 42.8 Å². The van der Waals surface area contributed by atoms with E-state index in [-0.39, 0.29) is 11.7 Å². The second-order valence-electron chi connectivity index (χ2n) is 6.35. The molecule has 11 heteroatoms. The molecule has 2 aromatic carbocycles. The van der Waals surface area contributed by atoms with Crippen LogP contribution in [0.4, 0.5) is 5.69 Å². The Balaban J connectivity index is 1.62. The number of ether oxygens (including phenoxy) is 1. The van der Waals surface area contributed by atoms with Gasteiger partial charge in [-0.3, -0.25) is 4.79 Å². The molecule has 0 unspecified atom stereocenters. The average molecular weight is 480 g/mol. The summed E-state index contributed by atoms with van der Waals surface area (Å²) in [5, 5.41) is 12.0. The van der Waals surface area contributed by atoms with Gasteiger partial charge >= 0.3 is 5.97 Å². The molecule has 1 amide bonds. The first-order chi connectivity index (χ1) is 14.9. The Bertz CT molecular complexity index is 1110. The van der Waals surface area contributed by atoms with Crippen LogP contribution in [0, 0.1) is 0 Å². The summed E-state index contributed by atoms with van der Waals surface area (Å²) in [6, 6.07) is 11.5. The summed E-state index contributed by atoms with van der Waals surface area (Å²) in [5.41, 5.74) is 1.42. The largest absolute Gasteiger partial charge is 0.462 e. The summed E-state index contributed by atoms with van der Waals surface area (Å²) in [6.07, 6.45) is 0.733. The van der Waals surface area contributed by atoms with Gasteiger partial charge in [0, 0.05) is 16.3 Å². The lowest BCUT2D eigenvalue weighted by Crippen LogP contribution is -2.17. The Morgan fingerprint density at radius 3 is 2.74 bits per heavy atom. The number of carbonyl (C=O) groups is 2. The van der Waals surface area contributed by atoms with Crippen LogP contribution in [0.15, 0.2) is 47.6 Å². The van der Waals surface area contributed by atoms with E-state index < -0.39 is 5.97 Å². The molecule has 0 atom stereocenters. The number of hydrogen-bond donors (Lipinski definition) is 2. The lowest BCUT2D eigenvalue weighted by atomic mass is 10.2. The van der Waals surface area contributed by atoms with Gasteiger partial charge in [0.05, 0.1) is 22.9 Å². The molecular weight excluding hydrogens is 461 g/mol. The first-order valence-electron chi connectivity index (χ1n) is 9.24. The number of hydrogen-bond acceptors (Lipinski definition) is 7. The van der Waals surface area contributed by atoms with Crippen molar-refractivity contribution in [1.82, 2.24) is 14.9 Å². The van der Waals surface area contributed by atoms with Gasteiger partial charge in [0.15, 0.2) is 5.82 Å². The van der Waals surface area contributed by atoms with Crippen molar-refractivity contribution >= 4 is 52.5 Å². The molecule has 162 valence electrons. The summed E-state index contributed by atoms with van der Waals surface area (Å²) in [4.78, 5) is 24.3. The van der Waals surface area contributed by atoms with E-state index in [0.29, 0.717) is 44.4 Å². The molecular formula is C20H19Cl2N5O3S. The van der Waals surface area contributed by atoms with E-state index in [9.17, 15) is 9.59 Å². The van der Waals surface area contributed by atoms with Gasteiger partial charge in [-0.25, -0.2) is 9.47 Å². The Kier molecular flexibility index (Phi) is 7.78. The summed E-state index contributed by atoms with van der Waals surface area (Å²) in [6.45, 7) is 2.26. The van der Waals surface area contributed by atoms with Gasteiger partial charge in [-0.15, -0.1) is 10.2 Å². The Hall–Kier alpha value is -2.75. The molecule has 3 N–H and O–H groups in total. The lowest BCUT2D eigenvalue weighted by Gasteiger charge is -2.08. The van der Waals surface area contributed by atoms with Crippen LogP contribution in [0.25, 0.3) is 11.4 Å². The average Bonchev–Trinajstić information content (AvgIpc) is 3.11. The third-order valence-electron chi connectivity index (χ3n) is 3.99. The summed E-state index contributed by atoms with van der Waals surface area (Å²) < 4.78 is 6.37. The number of nitrogens with two attached hydrogens (primary N) is 1. The Morgan fingerprint density at radius 1 is 1.19 bits per heavy atom. The van der Waals surface area contributed by atoms with Crippen LogP contribution in [-0.2, 0) is 9.53 Å². The van der Waals surface area contributed by atoms with Crippen molar-refractivity contribution in [1.29, 1.82) is 0 Å². The zero-order chi connectivity index (χ0) is 22.4. The molecule has 31 heavy (non-hydrogen) atoms. The fourth-order valence-electron chi connectivity index (χ4n) is 2.56. The van der Waals surface area contributed by atoms with Crippen molar-refractivity contribution in [2.24, 2.45) is 0 Å². The van der Waals surface area contributed by atoms with Crippen molar-refractivity contribution in [3.8, 4) is 11.4 Å². The molecule has 0 aliphatic heterocycles. The van der Waals surface area contributed by atoms with Crippen molar-refractivity contribution in [2.75, 3.05) is 23.5 Å². The van der Waals surface area contributed by atoms with Crippen molar-refractivity contribution in [3.63, 3.8) is 0 Å². The first-order valence-corrected chi connectivity index (χ1v) is 11.0. The lowest BCUT2D eigenvalue weighted by molar-refractivity contribution is -0.113. The standard InChI is InChI=1S/C20H19Cl2N5O3S/c1-2-8-30-19(29)12-4-3-5-14(9-12)24-17(28)11-31-20-26-25-18(27(20)23)15-7-6-13(21)10-16(15)22/h3-7,9-10H,2,8,11,23H2,1H3,(H,24,28). The van der Waals surface area contributed by atoms with Crippen LogP contribution in [0.2, 0.25) is 10.0 Å². The Labute approximate surface area is 193 Å². The van der Waals surface area contributed by atoms with Crippen LogP contribution < -0.4 is 11.2 Å². The molecule has 0 aliphatic rings. The number of nitrogens with zero attached hydrogens (tertiary/aromatic N) is 3. The number of rotatable bonds is 8. The van der Waals surface area contributed by atoms with Gasteiger partial charge in [0.2, 0.25) is 11.1 Å². The van der Waals surface area contributed by atoms with Gasteiger partial charge in [-0.2, -0.15) is 0 Å². The van der Waals surface area contributed by atoms with E-state index in [4.69, 9.17) is 33.8 Å². The molecule has 0 bridgehead atoms. The van der Waals surface area contributed by atoms with E-state index >= 15 is 0 Å². The maximum Gasteiger partial charge on any atom is 0.338 e. The molecule has 3 rings (SSSR count). The van der Waals surface area contributed by atoms with E-state index in [2.05, 4.69) is 15.5 Å². The number of thioether (sulfide) groups is 1. The molecule has 3 aromatic rings. The van der Waals surface area contributed by atoms with Gasteiger partial charge in [-0.1, -0.05) is 48.0 Å². The fourth-order valence-corrected chi connectivity index (χ4v) is 3.71. The monoisotopic (exact) mass is 479 g/mol. The highest BCUT2D eigenvalue weighted by atomic mass is 35.5. The smallest absolute Gasteiger partial charge is 0.338 e. The van der Waals surface area contributed by atoms with Crippen LogP contribution in [0.1, 0.15) is 23.7 Å². The van der Waals surface area contributed by atoms with E-state index in [1.54, 1.807) is 42.5 Å². The third kappa shape index (κ3) is 5.90. The number of halogens is 2. The molecule has 1 heterocycles. The minimum atomic E-state index is -0.433. The molecule has 0 spiro atoms. The van der Waals surface area contributed by atoms with Crippen molar-refractivity contribution < 1.29 is 14.3 Å².